The van der Waals surface area contributed by atoms with E-state index in [0.717, 1.165) is 4.90 Å². The highest BCUT2D eigenvalue weighted by Gasteiger charge is 2.30. The highest BCUT2D eigenvalue weighted by Crippen LogP contribution is 2.22. The quantitative estimate of drug-likeness (QED) is 0.0597. The number of imide groups is 1. The Balaban J connectivity index is 1.23. The van der Waals surface area contributed by atoms with Crippen LogP contribution in [-0.4, -0.2) is 109 Å². The van der Waals surface area contributed by atoms with Crippen LogP contribution in [0, 0.1) is 11.8 Å². The van der Waals surface area contributed by atoms with E-state index < -0.39 is 41.7 Å². The standard InChI is InChI=1S/C44H55N7O12/c1-28(2)40(48-36(53)10-6-5-7-22-51-37(54)18-19-38(51)55)34(52)25-31(9-8-21-46-42(45)58)41(57)47-32-15-11-29(12-16-32)27-61-43(59)49(3)23-24-50(4)44(60)62-33-17-13-30-14-20-39(56)63-35(30)26-33/h11-20,26,28,31,40H,5-10,21-25,27H2,1-4H3,(H,47,57)(H,48,53)(H3,45,46,58)/t31-,40?/m1/s1. The third-order valence-electron chi connectivity index (χ3n) is 10.1. The average molecular weight is 874 g/mol. The molecule has 0 fully saturated rings. The summed E-state index contributed by atoms with van der Waals surface area (Å²) in [6.45, 7) is 4.20. The van der Waals surface area contributed by atoms with Gasteiger partial charge in [-0.2, -0.15) is 0 Å². The summed E-state index contributed by atoms with van der Waals surface area (Å²) in [6.07, 6.45) is 3.28. The van der Waals surface area contributed by atoms with Crippen molar-refractivity contribution in [2.24, 2.45) is 17.6 Å². The molecule has 1 aliphatic heterocycles. The van der Waals surface area contributed by atoms with Gasteiger partial charge in [-0.15, -0.1) is 0 Å². The van der Waals surface area contributed by atoms with Gasteiger partial charge >= 0.3 is 23.8 Å². The molecule has 0 saturated heterocycles. The maximum atomic E-state index is 13.6. The van der Waals surface area contributed by atoms with Crippen molar-refractivity contribution < 1.29 is 52.2 Å². The van der Waals surface area contributed by atoms with E-state index in [1.807, 2.05) is 0 Å². The number of likely N-dealkylation sites (N-methyl/N-ethyl adjacent to an activating group) is 2. The van der Waals surface area contributed by atoms with Crippen molar-refractivity contribution in [3.05, 3.63) is 82.7 Å². The van der Waals surface area contributed by atoms with E-state index in [1.165, 1.54) is 48.2 Å². The lowest BCUT2D eigenvalue weighted by molar-refractivity contribution is -0.137. The lowest BCUT2D eigenvalue weighted by Gasteiger charge is -2.24. The number of nitrogens with one attached hydrogen (secondary N) is 3. The topological polar surface area (TPSA) is 257 Å². The summed E-state index contributed by atoms with van der Waals surface area (Å²) in [5, 5.41) is 8.78. The number of amides is 8. The summed E-state index contributed by atoms with van der Waals surface area (Å²) in [5.74, 6) is -2.71. The number of hydrogen-bond acceptors (Lipinski definition) is 12. The Kier molecular flexibility index (Phi) is 18.4. The molecule has 0 spiro atoms. The van der Waals surface area contributed by atoms with E-state index in [1.54, 1.807) is 56.3 Å². The van der Waals surface area contributed by atoms with Crippen molar-refractivity contribution in [3.63, 3.8) is 0 Å². The molecule has 1 aromatic heterocycles. The molecule has 0 radical (unpaired) electrons. The first-order valence-electron chi connectivity index (χ1n) is 20.6. The molecular formula is C44H55N7O12. The Bertz CT molecular complexity index is 2200. The molecular weight excluding hydrogens is 819 g/mol. The van der Waals surface area contributed by atoms with Crippen LogP contribution in [0.25, 0.3) is 11.0 Å². The van der Waals surface area contributed by atoms with Crippen molar-refractivity contribution in [3.8, 4) is 5.75 Å². The van der Waals surface area contributed by atoms with E-state index in [0.29, 0.717) is 42.3 Å². The summed E-state index contributed by atoms with van der Waals surface area (Å²) in [6, 6.07) is 12.5. The van der Waals surface area contributed by atoms with Crippen LogP contribution in [0.3, 0.4) is 0 Å². The van der Waals surface area contributed by atoms with Crippen LogP contribution in [-0.2, 0) is 35.3 Å². The number of anilines is 1. The lowest BCUT2D eigenvalue weighted by atomic mass is 9.89. The van der Waals surface area contributed by atoms with Gasteiger partial charge in [-0.3, -0.25) is 28.9 Å². The molecule has 338 valence electrons. The van der Waals surface area contributed by atoms with Gasteiger partial charge in [0, 0.05) is 94.4 Å². The molecule has 2 atom stereocenters. The minimum absolute atomic E-state index is 0.0853. The number of urea groups is 1. The number of hydrogen-bond donors (Lipinski definition) is 4. The molecule has 0 aliphatic carbocycles. The first-order chi connectivity index (χ1) is 30.0. The molecule has 3 aromatic rings. The Morgan fingerprint density at radius 3 is 2.16 bits per heavy atom. The van der Waals surface area contributed by atoms with E-state index in [9.17, 15) is 43.2 Å². The number of rotatable bonds is 23. The highest BCUT2D eigenvalue weighted by molar-refractivity contribution is 6.12. The zero-order valence-corrected chi connectivity index (χ0v) is 35.9. The van der Waals surface area contributed by atoms with Crippen LogP contribution >= 0.6 is 0 Å². The number of Topliss-reactive ketones (excluding diaryl/α,β-unsaturated/α-hetero) is 1. The first kappa shape index (κ1) is 48.6. The molecule has 1 unspecified atom stereocenters. The normalized spacial score (nSPS) is 13.1. The maximum Gasteiger partial charge on any atom is 0.415 e. The molecule has 5 N–H and O–H groups in total. The number of nitrogens with two attached hydrogens (primary N) is 1. The van der Waals surface area contributed by atoms with Crippen LogP contribution in [0.2, 0.25) is 0 Å². The number of ether oxygens (including phenoxy) is 2. The zero-order chi connectivity index (χ0) is 46.1. The minimum atomic E-state index is -0.852. The molecule has 19 nitrogen and oxygen atoms in total. The van der Waals surface area contributed by atoms with Crippen LogP contribution in [0.5, 0.6) is 5.75 Å². The summed E-state index contributed by atoms with van der Waals surface area (Å²) in [7, 11) is 3.02. The Hall–Kier alpha value is -7.05. The number of primary amides is 1. The molecule has 63 heavy (non-hydrogen) atoms. The zero-order valence-electron chi connectivity index (χ0n) is 35.9. The number of unbranched alkanes of at least 4 members (excludes halogenated alkanes) is 2. The van der Waals surface area contributed by atoms with Gasteiger partial charge in [-0.25, -0.2) is 19.2 Å². The second-order valence-electron chi connectivity index (χ2n) is 15.5. The fourth-order valence-electron chi connectivity index (χ4n) is 6.45. The van der Waals surface area contributed by atoms with Gasteiger partial charge in [0.2, 0.25) is 11.8 Å². The smallest absolute Gasteiger partial charge is 0.415 e. The van der Waals surface area contributed by atoms with Crippen LogP contribution < -0.4 is 32.0 Å². The van der Waals surface area contributed by atoms with Crippen molar-refractivity contribution >= 4 is 64.3 Å². The van der Waals surface area contributed by atoms with Crippen LogP contribution in [0.1, 0.15) is 64.4 Å². The second-order valence-corrected chi connectivity index (χ2v) is 15.5. The van der Waals surface area contributed by atoms with Gasteiger partial charge in [0.25, 0.3) is 11.8 Å². The summed E-state index contributed by atoms with van der Waals surface area (Å²) < 4.78 is 15.9. The van der Waals surface area contributed by atoms with Crippen molar-refractivity contribution in [2.75, 3.05) is 45.6 Å². The molecule has 0 saturated carbocycles. The average Bonchev–Trinajstić information content (AvgIpc) is 3.57. The number of carbonyl (C=O) groups is 8. The van der Waals surface area contributed by atoms with E-state index in [-0.39, 0.29) is 92.8 Å². The van der Waals surface area contributed by atoms with Crippen LogP contribution in [0.15, 0.2) is 76.0 Å². The molecule has 2 heterocycles. The van der Waals surface area contributed by atoms with Crippen molar-refractivity contribution in [1.29, 1.82) is 0 Å². The van der Waals surface area contributed by atoms with Gasteiger partial charge in [0.1, 0.15) is 17.9 Å². The monoisotopic (exact) mass is 873 g/mol. The van der Waals surface area contributed by atoms with Gasteiger partial charge < -0.3 is 45.4 Å². The Labute approximate surface area is 364 Å². The number of ketones is 1. The van der Waals surface area contributed by atoms with E-state index in [4.69, 9.17) is 19.6 Å². The molecule has 0 bridgehead atoms. The van der Waals surface area contributed by atoms with Crippen LogP contribution in [0.4, 0.5) is 20.1 Å². The number of nitrogens with zero attached hydrogens (tertiary/aromatic N) is 3. The summed E-state index contributed by atoms with van der Waals surface area (Å²) in [5.41, 5.74) is 5.97. The molecule has 2 aromatic carbocycles. The highest BCUT2D eigenvalue weighted by atomic mass is 16.6. The van der Waals surface area contributed by atoms with Crippen molar-refractivity contribution in [2.45, 2.75) is 71.4 Å². The number of benzene rings is 2. The van der Waals surface area contributed by atoms with Gasteiger partial charge in [0.05, 0.1) is 6.04 Å². The largest absolute Gasteiger partial charge is 0.445 e. The molecule has 1 aliphatic rings. The predicted octanol–water partition coefficient (Wildman–Crippen LogP) is 4.08. The third-order valence-corrected chi connectivity index (χ3v) is 10.1. The van der Waals surface area contributed by atoms with Gasteiger partial charge in [-0.1, -0.05) is 32.4 Å². The molecule has 19 heteroatoms. The predicted molar refractivity (Wildman–Crippen MR) is 230 cm³/mol. The lowest BCUT2D eigenvalue weighted by Crippen LogP contribution is -2.45. The summed E-state index contributed by atoms with van der Waals surface area (Å²) >= 11 is 0. The van der Waals surface area contributed by atoms with E-state index in [2.05, 4.69) is 16.0 Å². The number of carbonyl (C=O) groups excluding carboxylic acids is 8. The summed E-state index contributed by atoms with van der Waals surface area (Å²) in [4.78, 5) is 115. The molecule has 4 rings (SSSR count). The SMILES string of the molecule is CC(C)C(NC(=O)CCCCCN1C(=O)C=CC1=O)C(=O)C[C@@H](CCCNC(N)=O)C(=O)Nc1ccc(COC(=O)N(C)CCN(C)C(=O)Oc2ccc3ccc(=O)oc3c2)cc1. The van der Waals surface area contributed by atoms with E-state index >= 15 is 0 Å². The maximum absolute atomic E-state index is 13.6. The number of fused-ring (bicyclic) bond motifs is 1. The fraction of sp³-hybridized carbons (Fsp3) is 0.432. The first-order valence-corrected chi connectivity index (χ1v) is 20.6. The fourth-order valence-corrected chi connectivity index (χ4v) is 6.45. The second kappa shape index (κ2) is 23.8. The Morgan fingerprint density at radius 2 is 1.49 bits per heavy atom. The van der Waals surface area contributed by atoms with Gasteiger partial charge in [0.15, 0.2) is 5.78 Å². The van der Waals surface area contributed by atoms with Gasteiger partial charge in [-0.05, 0) is 67.5 Å². The Morgan fingerprint density at radius 1 is 0.825 bits per heavy atom. The molecule has 8 amide bonds. The third kappa shape index (κ3) is 15.7. The minimum Gasteiger partial charge on any atom is -0.445 e. The van der Waals surface area contributed by atoms with Crippen molar-refractivity contribution in [1.82, 2.24) is 25.3 Å².